The third kappa shape index (κ3) is 2.34. The van der Waals surface area contributed by atoms with Crippen molar-refractivity contribution in [2.24, 2.45) is 0 Å². The van der Waals surface area contributed by atoms with Crippen molar-refractivity contribution in [3.63, 3.8) is 0 Å². The Kier molecular flexibility index (Phi) is 5.74. The van der Waals surface area contributed by atoms with Crippen molar-refractivity contribution in [3.8, 4) is 0 Å². The lowest BCUT2D eigenvalue weighted by Crippen LogP contribution is -2.91. The third-order valence-corrected chi connectivity index (χ3v) is 7.33. The van der Waals surface area contributed by atoms with E-state index >= 15 is 0 Å². The lowest BCUT2D eigenvalue weighted by Gasteiger charge is -2.56. The quantitative estimate of drug-likeness (QED) is 0.261. The minimum absolute atomic E-state index is 8.07. The van der Waals surface area contributed by atoms with Crippen molar-refractivity contribution in [2.45, 2.75) is 69.2 Å². The van der Waals surface area contributed by atoms with E-state index in [9.17, 15) is 101 Å². The monoisotopic (exact) mass is 610 g/mol. The molecule has 0 heterocycles. The number of hydrogen-bond donors (Lipinski definition) is 0. The Balaban J connectivity index is 3.12. The largest absolute Gasteiger partial charge is 0.611 e. The van der Waals surface area contributed by atoms with Crippen molar-refractivity contribution in [2.75, 3.05) is 0 Å². The average molecular weight is 610 g/mol. The molecule has 0 amide bonds. The first kappa shape index (κ1) is 31.0. The normalized spacial score (nSPS) is 34.7. The van der Waals surface area contributed by atoms with Crippen LogP contribution in [0.2, 0.25) is 0 Å². The SMILES string of the molecule is [O-][S+](C1(F)C(F)(F)C(F)(F)C(F)(F)C(F)(F)C1(F)F)C1(F)C(F)(F)C(F)(F)C(F)(F)C(F)(F)C1(F)F. The molecule has 0 N–H and O–H groups in total. The summed E-state index contributed by atoms with van der Waals surface area (Å²) < 4.78 is 310. The van der Waals surface area contributed by atoms with Crippen molar-refractivity contribution >= 4 is 11.2 Å². The topological polar surface area (TPSA) is 23.1 Å². The summed E-state index contributed by atoms with van der Waals surface area (Å²) in [4.78, 5) is 0. The maximum Gasteiger partial charge on any atom is 0.403 e. The van der Waals surface area contributed by atoms with Gasteiger partial charge in [-0.1, -0.05) is 0 Å². The van der Waals surface area contributed by atoms with Crippen LogP contribution in [0.15, 0.2) is 0 Å². The van der Waals surface area contributed by atoms with Gasteiger partial charge in [-0.25, -0.2) is 0 Å². The van der Waals surface area contributed by atoms with Gasteiger partial charge in [0, 0.05) is 0 Å². The Hall–Kier alpha value is -1.23. The molecular weight excluding hydrogens is 610 g/mol. The van der Waals surface area contributed by atoms with E-state index in [0.29, 0.717) is 0 Å². The molecule has 2 aliphatic rings. The zero-order chi connectivity index (χ0) is 29.6. The highest BCUT2D eigenvalue weighted by Crippen LogP contribution is 2.76. The van der Waals surface area contributed by atoms with Gasteiger partial charge in [0.05, 0.1) is 11.2 Å². The van der Waals surface area contributed by atoms with Gasteiger partial charge < -0.3 is 4.55 Å². The summed E-state index contributed by atoms with van der Waals surface area (Å²) in [6, 6.07) is 0. The van der Waals surface area contributed by atoms with Gasteiger partial charge in [-0.05, 0) is 0 Å². The fraction of sp³-hybridized carbons (Fsp3) is 1.00. The summed E-state index contributed by atoms with van der Waals surface area (Å²) in [5.74, 6) is -85.4. The van der Waals surface area contributed by atoms with Crippen LogP contribution in [0.3, 0.4) is 0 Å². The van der Waals surface area contributed by atoms with Crippen LogP contribution >= 0.6 is 0 Å². The maximum atomic E-state index is 14.6. The minimum atomic E-state index is -8.82. The predicted molar refractivity (Wildman–Crippen MR) is 65.3 cm³/mol. The van der Waals surface area contributed by atoms with Gasteiger partial charge in [-0.2, -0.15) is 96.6 Å². The first-order valence-corrected chi connectivity index (χ1v) is 8.88. The molecule has 2 aliphatic carbocycles. The number of alkyl halides is 22. The fourth-order valence-electron chi connectivity index (χ4n) is 3.04. The molecule has 2 rings (SSSR count). The zero-order valence-corrected chi connectivity index (χ0v) is 15.9. The first-order valence-electron chi connectivity index (χ1n) is 7.73. The van der Waals surface area contributed by atoms with Crippen LogP contribution in [0.25, 0.3) is 0 Å². The summed E-state index contributed by atoms with van der Waals surface area (Å²) in [6.45, 7) is 0. The van der Waals surface area contributed by atoms with Crippen LogP contribution in [0.1, 0.15) is 0 Å². The Bertz CT molecular complexity index is 801. The van der Waals surface area contributed by atoms with Crippen LogP contribution in [0.5, 0.6) is 0 Å². The van der Waals surface area contributed by atoms with Gasteiger partial charge in [0.2, 0.25) is 0 Å². The zero-order valence-electron chi connectivity index (χ0n) is 15.1. The average Bonchev–Trinajstić information content (AvgIpc) is 2.68. The van der Waals surface area contributed by atoms with Crippen LogP contribution in [-0.2, 0) is 11.2 Å². The highest BCUT2D eigenvalue weighted by atomic mass is 32.2. The van der Waals surface area contributed by atoms with E-state index in [1.165, 1.54) is 0 Å². The van der Waals surface area contributed by atoms with Crippen molar-refractivity contribution in [1.82, 2.24) is 0 Å². The molecule has 0 spiro atoms. The van der Waals surface area contributed by atoms with Crippen LogP contribution in [-0.4, -0.2) is 73.8 Å². The molecule has 0 aliphatic heterocycles. The Morgan fingerprint density at radius 1 is 0.250 bits per heavy atom. The Morgan fingerprint density at radius 3 is 0.500 bits per heavy atom. The molecule has 2 fully saturated rings. The van der Waals surface area contributed by atoms with Gasteiger partial charge >= 0.3 is 69.2 Å². The molecule has 36 heavy (non-hydrogen) atoms. The van der Waals surface area contributed by atoms with Crippen molar-refractivity contribution in [1.29, 1.82) is 0 Å². The number of halogens is 22. The van der Waals surface area contributed by atoms with E-state index in [1.54, 1.807) is 0 Å². The van der Waals surface area contributed by atoms with Gasteiger partial charge in [0.15, 0.2) is 0 Å². The summed E-state index contributed by atoms with van der Waals surface area (Å²) in [5, 5.41) is -17.6. The Labute approximate surface area is 182 Å². The highest BCUT2D eigenvalue weighted by molar-refractivity contribution is 7.94. The smallest absolute Gasteiger partial charge is 0.403 e. The predicted octanol–water partition coefficient (Wildman–Crippen LogP) is 6.45. The first-order chi connectivity index (χ1) is 15.2. The van der Waals surface area contributed by atoms with Gasteiger partial charge in [-0.15, -0.1) is 0 Å². The molecule has 0 atom stereocenters. The lowest BCUT2D eigenvalue weighted by molar-refractivity contribution is -0.478. The second-order valence-corrected chi connectivity index (χ2v) is 8.87. The molecule has 214 valence electrons. The van der Waals surface area contributed by atoms with E-state index in [0.717, 1.165) is 0 Å². The van der Waals surface area contributed by atoms with Crippen LogP contribution in [0.4, 0.5) is 96.6 Å². The molecule has 0 aromatic heterocycles. The molecule has 1 nitrogen and oxygen atoms in total. The lowest BCUT2D eigenvalue weighted by atomic mass is 9.80. The summed E-state index contributed by atoms with van der Waals surface area (Å²) in [6.07, 6.45) is 0. The van der Waals surface area contributed by atoms with Crippen molar-refractivity contribution in [3.05, 3.63) is 0 Å². The van der Waals surface area contributed by atoms with Gasteiger partial charge in [0.1, 0.15) is 0 Å². The molecule has 0 aromatic carbocycles. The van der Waals surface area contributed by atoms with Crippen molar-refractivity contribution < 1.29 is 101 Å². The maximum absolute atomic E-state index is 14.6. The standard InChI is InChI=1S/C12F22OS/c13-1(14)3(17,18)7(25,26)11(33,8(27,28)4(1,19)20)36(35)12(34)9(29,30)5(21,22)2(15,16)6(23,24)10(12,31)32. The van der Waals surface area contributed by atoms with E-state index < -0.39 is 80.4 Å². The van der Waals surface area contributed by atoms with Gasteiger partial charge in [-0.3, -0.25) is 0 Å². The number of rotatable bonds is 2. The fourth-order valence-corrected chi connectivity index (χ4v) is 4.88. The molecule has 2 saturated carbocycles. The summed E-state index contributed by atoms with van der Waals surface area (Å²) >= 11 is -8.07. The Morgan fingerprint density at radius 2 is 0.361 bits per heavy atom. The highest BCUT2D eigenvalue weighted by Gasteiger charge is 3.11. The molecule has 24 heteroatoms. The summed E-state index contributed by atoms with van der Waals surface area (Å²) in [5.41, 5.74) is 0. The van der Waals surface area contributed by atoms with Gasteiger partial charge in [0.25, 0.3) is 0 Å². The van der Waals surface area contributed by atoms with E-state index in [-0.39, 0.29) is 0 Å². The third-order valence-electron chi connectivity index (χ3n) is 5.28. The molecular formula is C12F22OS. The van der Waals surface area contributed by atoms with Crippen LogP contribution in [0, 0.1) is 0 Å². The minimum Gasteiger partial charge on any atom is -0.611 e. The second-order valence-electron chi connectivity index (χ2n) is 7.20. The van der Waals surface area contributed by atoms with E-state index in [4.69, 9.17) is 0 Å². The second kappa shape index (κ2) is 6.66. The van der Waals surface area contributed by atoms with Crippen LogP contribution < -0.4 is 0 Å². The molecule has 0 saturated heterocycles. The molecule has 0 radical (unpaired) electrons. The molecule has 0 aromatic rings. The molecule has 0 unspecified atom stereocenters. The summed E-state index contributed by atoms with van der Waals surface area (Å²) in [7, 11) is 0. The molecule has 0 bridgehead atoms. The number of hydrogen-bond acceptors (Lipinski definition) is 1. The van der Waals surface area contributed by atoms with E-state index in [1.807, 2.05) is 0 Å². The van der Waals surface area contributed by atoms with E-state index in [2.05, 4.69) is 0 Å².